The lowest BCUT2D eigenvalue weighted by Crippen LogP contribution is -2.20. The number of rotatable bonds is 5. The van der Waals surface area contributed by atoms with Crippen molar-refractivity contribution in [2.24, 2.45) is 0 Å². The molecule has 4 aromatic rings. The molecule has 0 unspecified atom stereocenters. The molecule has 33 heavy (non-hydrogen) atoms. The van der Waals surface area contributed by atoms with E-state index in [1.807, 2.05) is 32.0 Å². The van der Waals surface area contributed by atoms with Crippen LogP contribution >= 0.6 is 11.6 Å². The molecular weight excluding hydrogens is 445 g/mol. The number of aryl methyl sites for hydroxylation is 2. The van der Waals surface area contributed by atoms with Gasteiger partial charge >= 0.3 is 5.97 Å². The molecule has 1 aromatic heterocycles. The maximum Gasteiger partial charge on any atom is 0.343 e. The lowest BCUT2D eigenvalue weighted by atomic mass is 10.1. The van der Waals surface area contributed by atoms with Gasteiger partial charge in [0.1, 0.15) is 22.9 Å². The van der Waals surface area contributed by atoms with Gasteiger partial charge in [-0.1, -0.05) is 17.7 Å². The minimum atomic E-state index is -0.775. The summed E-state index contributed by atoms with van der Waals surface area (Å²) >= 11 is 5.99. The van der Waals surface area contributed by atoms with Gasteiger partial charge in [-0.3, -0.25) is 4.79 Å². The number of benzene rings is 3. The zero-order valence-corrected chi connectivity index (χ0v) is 19.1. The van der Waals surface area contributed by atoms with Crippen LogP contribution in [0.4, 0.5) is 4.39 Å². The van der Waals surface area contributed by atoms with Crippen molar-refractivity contribution in [2.45, 2.75) is 20.8 Å². The molecule has 0 bridgehead atoms. The monoisotopic (exact) mass is 465 g/mol. The van der Waals surface area contributed by atoms with Crippen molar-refractivity contribution >= 4 is 28.5 Å². The molecule has 0 radical (unpaired) electrons. The molecule has 7 heteroatoms. The van der Waals surface area contributed by atoms with E-state index in [2.05, 4.69) is 0 Å². The Labute approximate surface area is 195 Å². The Bertz CT molecular complexity index is 1430. The molecule has 3 aromatic carbocycles. The van der Waals surface area contributed by atoms with Crippen LogP contribution in [0.1, 0.15) is 28.4 Å². The topological polar surface area (TPSA) is 57.5 Å². The molecule has 168 valence electrons. The smallest absolute Gasteiger partial charge is 0.343 e. The first-order valence-corrected chi connectivity index (χ1v) is 10.7. The van der Waals surface area contributed by atoms with Gasteiger partial charge in [0.2, 0.25) is 5.43 Å². The average molecular weight is 466 g/mol. The summed E-state index contributed by atoms with van der Waals surface area (Å²) in [5, 5.41) is -0.105. The highest BCUT2D eigenvalue weighted by atomic mass is 35.5. The maximum absolute atomic E-state index is 14.1. The summed E-state index contributed by atoms with van der Waals surface area (Å²) in [6.07, 6.45) is 1.39. The summed E-state index contributed by atoms with van der Waals surface area (Å²) in [4.78, 5) is 25.2. The zero-order chi connectivity index (χ0) is 23.7. The van der Waals surface area contributed by atoms with Gasteiger partial charge in [-0.15, -0.1) is 0 Å². The van der Waals surface area contributed by atoms with Gasteiger partial charge in [0.25, 0.3) is 0 Å². The summed E-state index contributed by atoms with van der Waals surface area (Å²) in [5.74, 6) is -0.192. The first kappa shape index (κ1) is 22.6. The normalized spacial score (nSPS) is 10.9. The van der Waals surface area contributed by atoms with Crippen LogP contribution in [0, 0.1) is 19.7 Å². The molecule has 0 N–H and O–H groups in total. The molecule has 1 heterocycles. The van der Waals surface area contributed by atoms with Crippen LogP contribution in [-0.4, -0.2) is 17.1 Å². The van der Waals surface area contributed by atoms with Crippen LogP contribution in [-0.2, 0) is 4.74 Å². The maximum atomic E-state index is 14.1. The standard InChI is InChI=1S/C26H21ClFNO4/c1-4-32-26(31)21-14-29(24-13-22(27)23(28)12-20(24)25(21)30)17-6-9-18(10-7-17)33-19-8-5-15(2)16(3)11-19/h5-14H,4H2,1-3H3. The Hall–Kier alpha value is -3.64. The Morgan fingerprint density at radius 2 is 1.70 bits per heavy atom. The summed E-state index contributed by atoms with van der Waals surface area (Å²) in [7, 11) is 0. The third-order valence-electron chi connectivity index (χ3n) is 5.37. The summed E-state index contributed by atoms with van der Waals surface area (Å²) in [6.45, 7) is 5.80. The second kappa shape index (κ2) is 9.08. The quantitative estimate of drug-likeness (QED) is 0.321. The first-order chi connectivity index (χ1) is 15.8. The third kappa shape index (κ3) is 4.47. The molecule has 0 spiro atoms. The number of halogens is 2. The number of fused-ring (bicyclic) bond motifs is 1. The Morgan fingerprint density at radius 1 is 1.00 bits per heavy atom. The van der Waals surface area contributed by atoms with Crippen molar-refractivity contribution in [2.75, 3.05) is 6.61 Å². The summed E-state index contributed by atoms with van der Waals surface area (Å²) in [5.41, 5.74) is 2.48. The number of pyridine rings is 1. The van der Waals surface area contributed by atoms with Gasteiger partial charge in [0, 0.05) is 17.3 Å². The van der Waals surface area contributed by atoms with E-state index in [1.165, 1.54) is 17.8 Å². The van der Waals surface area contributed by atoms with E-state index in [4.69, 9.17) is 21.1 Å². The van der Waals surface area contributed by atoms with E-state index in [0.29, 0.717) is 22.7 Å². The molecule has 0 fully saturated rings. The fraction of sp³-hybridized carbons (Fsp3) is 0.154. The number of aromatic nitrogens is 1. The van der Waals surface area contributed by atoms with Crippen LogP contribution in [0.3, 0.4) is 0 Å². The second-order valence-electron chi connectivity index (χ2n) is 7.59. The molecule has 0 amide bonds. The van der Waals surface area contributed by atoms with Crippen molar-refractivity contribution in [3.8, 4) is 17.2 Å². The van der Waals surface area contributed by atoms with E-state index in [-0.39, 0.29) is 22.6 Å². The number of hydrogen-bond acceptors (Lipinski definition) is 4. The van der Waals surface area contributed by atoms with Crippen molar-refractivity contribution in [1.82, 2.24) is 4.57 Å². The van der Waals surface area contributed by atoms with Crippen molar-refractivity contribution in [3.63, 3.8) is 0 Å². The van der Waals surface area contributed by atoms with Crippen LogP contribution in [0.25, 0.3) is 16.6 Å². The van der Waals surface area contributed by atoms with Crippen LogP contribution in [0.15, 0.2) is 65.6 Å². The Balaban J connectivity index is 1.80. The van der Waals surface area contributed by atoms with E-state index < -0.39 is 17.2 Å². The van der Waals surface area contributed by atoms with Gasteiger partial charge < -0.3 is 14.0 Å². The lowest BCUT2D eigenvalue weighted by Gasteiger charge is -2.15. The molecule has 5 nitrogen and oxygen atoms in total. The van der Waals surface area contributed by atoms with Crippen molar-refractivity contribution in [3.05, 3.63) is 98.5 Å². The minimum absolute atomic E-state index is 0.0258. The minimum Gasteiger partial charge on any atom is -0.462 e. The summed E-state index contributed by atoms with van der Waals surface area (Å²) in [6, 6.07) is 15.3. The number of carbonyl (C=O) groups excluding carboxylic acids is 1. The zero-order valence-electron chi connectivity index (χ0n) is 18.3. The van der Waals surface area contributed by atoms with Crippen molar-refractivity contribution < 1.29 is 18.7 Å². The highest BCUT2D eigenvalue weighted by molar-refractivity contribution is 6.31. The van der Waals surface area contributed by atoms with Gasteiger partial charge in [-0.05, 0) is 80.4 Å². The van der Waals surface area contributed by atoms with E-state index in [0.717, 1.165) is 11.6 Å². The fourth-order valence-electron chi connectivity index (χ4n) is 3.48. The lowest BCUT2D eigenvalue weighted by molar-refractivity contribution is 0.0524. The molecular formula is C26H21ClFNO4. The highest BCUT2D eigenvalue weighted by Gasteiger charge is 2.19. The molecule has 0 aliphatic heterocycles. The van der Waals surface area contributed by atoms with Gasteiger partial charge in [-0.25, -0.2) is 9.18 Å². The number of hydrogen-bond donors (Lipinski definition) is 0. The van der Waals surface area contributed by atoms with Gasteiger partial charge in [0.15, 0.2) is 0 Å². The van der Waals surface area contributed by atoms with E-state index in [9.17, 15) is 14.0 Å². The molecule has 0 aliphatic carbocycles. The number of nitrogens with zero attached hydrogens (tertiary/aromatic N) is 1. The molecule has 0 aliphatic rings. The van der Waals surface area contributed by atoms with E-state index in [1.54, 1.807) is 35.8 Å². The predicted octanol–water partition coefficient (Wildman–Crippen LogP) is 6.37. The number of ether oxygens (including phenoxy) is 2. The predicted molar refractivity (Wildman–Crippen MR) is 126 cm³/mol. The SMILES string of the molecule is CCOC(=O)c1cn(-c2ccc(Oc3ccc(C)c(C)c3)cc2)c2cc(Cl)c(F)cc2c1=O. The first-order valence-electron chi connectivity index (χ1n) is 10.4. The van der Waals surface area contributed by atoms with E-state index >= 15 is 0 Å². The number of esters is 1. The highest BCUT2D eigenvalue weighted by Crippen LogP contribution is 2.27. The van der Waals surface area contributed by atoms with Gasteiger partial charge in [-0.2, -0.15) is 0 Å². The fourth-order valence-corrected chi connectivity index (χ4v) is 3.63. The Morgan fingerprint density at radius 3 is 2.36 bits per heavy atom. The summed E-state index contributed by atoms with van der Waals surface area (Å²) < 4.78 is 26.7. The number of carbonyl (C=O) groups is 1. The van der Waals surface area contributed by atoms with Crippen LogP contribution < -0.4 is 10.2 Å². The average Bonchev–Trinajstić information content (AvgIpc) is 2.79. The largest absolute Gasteiger partial charge is 0.462 e. The molecule has 0 saturated heterocycles. The van der Waals surface area contributed by atoms with Crippen molar-refractivity contribution in [1.29, 1.82) is 0 Å². The third-order valence-corrected chi connectivity index (χ3v) is 5.66. The molecule has 4 rings (SSSR count). The molecule has 0 atom stereocenters. The second-order valence-corrected chi connectivity index (χ2v) is 8.00. The van der Waals surface area contributed by atoms with Crippen LogP contribution in [0.5, 0.6) is 11.5 Å². The molecule has 0 saturated carbocycles. The van der Waals surface area contributed by atoms with Crippen LogP contribution in [0.2, 0.25) is 5.02 Å². The Kier molecular flexibility index (Phi) is 6.20. The van der Waals surface area contributed by atoms with Gasteiger partial charge in [0.05, 0.1) is 17.1 Å².